The lowest BCUT2D eigenvalue weighted by atomic mass is 10.1. The van der Waals surface area contributed by atoms with Crippen molar-refractivity contribution in [3.8, 4) is 5.75 Å². The van der Waals surface area contributed by atoms with Crippen molar-refractivity contribution in [2.24, 2.45) is 0 Å². The van der Waals surface area contributed by atoms with E-state index in [-0.39, 0.29) is 69.9 Å². The van der Waals surface area contributed by atoms with Crippen LogP contribution in [0.15, 0.2) is 30.3 Å². The number of piperazine rings is 2. The number of amides is 4. The first-order valence-electron chi connectivity index (χ1n) is 14.5. The molecule has 4 heterocycles. The Labute approximate surface area is 248 Å². The van der Waals surface area contributed by atoms with E-state index in [0.29, 0.717) is 29.2 Å². The molecule has 3 aliphatic rings. The van der Waals surface area contributed by atoms with E-state index >= 15 is 0 Å². The lowest BCUT2D eigenvalue weighted by Crippen LogP contribution is -2.56. The van der Waals surface area contributed by atoms with Gasteiger partial charge in [-0.15, -0.1) is 0 Å². The minimum atomic E-state index is -1.13. The summed E-state index contributed by atoms with van der Waals surface area (Å²) in [6, 6.07) is 7.81. The van der Waals surface area contributed by atoms with E-state index in [0.717, 1.165) is 13.0 Å². The van der Waals surface area contributed by atoms with Crippen molar-refractivity contribution in [2.75, 3.05) is 52.5 Å². The molecule has 5 rings (SSSR count). The molecule has 14 nitrogen and oxygen atoms in total. The number of benzene rings is 1. The standard InChI is InChI=1S/C29H36N6O8/c1-2-42-29(41)34-11-9-33(10-12-34)28(40)22(7-8-26(37)38)32-27(39)23-14-24(20-5-3-4-6-21(20)31-23)43-17-25(36)35-16-18-13-19(35)15-30-18/h3-6,14,18-19,22,30H,2,7-13,15-17H2,1H3,(H,32,39)(H,37,38). The largest absolute Gasteiger partial charge is 0.483 e. The first kappa shape index (κ1) is 30.0. The minimum Gasteiger partial charge on any atom is -0.483 e. The highest BCUT2D eigenvalue weighted by atomic mass is 16.6. The Morgan fingerprint density at radius 1 is 1.12 bits per heavy atom. The van der Waals surface area contributed by atoms with Crippen LogP contribution in [-0.4, -0.2) is 125 Å². The van der Waals surface area contributed by atoms with Crippen molar-refractivity contribution in [1.29, 1.82) is 0 Å². The van der Waals surface area contributed by atoms with Gasteiger partial charge in [-0.05, 0) is 31.9 Å². The molecule has 0 saturated carbocycles. The molecule has 3 aliphatic heterocycles. The Morgan fingerprint density at radius 2 is 1.86 bits per heavy atom. The zero-order chi connectivity index (χ0) is 30.5. The SMILES string of the molecule is CCOC(=O)N1CCN(C(=O)C(CCC(=O)O)NC(=O)c2cc(OCC(=O)N3CC4CC3CN4)c3ccccc3n2)CC1. The second-order valence-corrected chi connectivity index (χ2v) is 10.8. The van der Waals surface area contributed by atoms with Crippen LogP contribution < -0.4 is 15.4 Å². The summed E-state index contributed by atoms with van der Waals surface area (Å²) in [4.78, 5) is 72.4. The molecule has 3 atom stereocenters. The van der Waals surface area contributed by atoms with Crippen LogP contribution in [0.4, 0.5) is 4.79 Å². The Hall–Kier alpha value is -4.46. The number of pyridine rings is 1. The maximum atomic E-state index is 13.4. The molecule has 2 bridgehead atoms. The van der Waals surface area contributed by atoms with Crippen LogP contribution in [0.25, 0.3) is 10.9 Å². The smallest absolute Gasteiger partial charge is 0.409 e. The Kier molecular flexibility index (Phi) is 9.24. The third-order valence-electron chi connectivity index (χ3n) is 8.01. The number of carbonyl (C=O) groups is 5. The molecular weight excluding hydrogens is 560 g/mol. The van der Waals surface area contributed by atoms with Crippen LogP contribution in [0.2, 0.25) is 0 Å². The number of para-hydroxylation sites is 1. The summed E-state index contributed by atoms with van der Waals surface area (Å²) in [7, 11) is 0. The molecule has 4 amide bonds. The van der Waals surface area contributed by atoms with Crippen molar-refractivity contribution in [1.82, 2.24) is 30.3 Å². The number of carboxylic acids is 1. The second kappa shape index (κ2) is 13.2. The number of carboxylic acid groups (broad SMARTS) is 1. The molecule has 43 heavy (non-hydrogen) atoms. The number of carbonyl (C=O) groups excluding carboxylic acids is 4. The van der Waals surface area contributed by atoms with Gasteiger partial charge in [-0.25, -0.2) is 9.78 Å². The van der Waals surface area contributed by atoms with Crippen molar-refractivity contribution in [3.05, 3.63) is 36.0 Å². The van der Waals surface area contributed by atoms with Gasteiger partial charge in [0.1, 0.15) is 17.5 Å². The Bertz CT molecular complexity index is 1390. The van der Waals surface area contributed by atoms with Crippen LogP contribution >= 0.6 is 0 Å². The molecule has 3 unspecified atom stereocenters. The summed E-state index contributed by atoms with van der Waals surface area (Å²) < 4.78 is 11.0. The van der Waals surface area contributed by atoms with E-state index in [4.69, 9.17) is 9.47 Å². The van der Waals surface area contributed by atoms with E-state index in [1.165, 1.54) is 15.9 Å². The van der Waals surface area contributed by atoms with E-state index < -0.39 is 29.9 Å². The normalized spacial score (nSPS) is 20.2. The van der Waals surface area contributed by atoms with Crippen LogP contribution in [0.3, 0.4) is 0 Å². The van der Waals surface area contributed by atoms with Crippen molar-refractivity contribution < 1.29 is 38.6 Å². The van der Waals surface area contributed by atoms with Gasteiger partial charge in [-0.2, -0.15) is 0 Å². The predicted octanol–water partition coefficient (Wildman–Crippen LogP) is 0.450. The minimum absolute atomic E-state index is 0.0363. The summed E-state index contributed by atoms with van der Waals surface area (Å²) in [6.07, 6.45) is -0.000349. The molecule has 3 saturated heterocycles. The number of rotatable bonds is 10. The molecule has 230 valence electrons. The van der Waals surface area contributed by atoms with E-state index in [1.54, 1.807) is 31.2 Å². The first-order valence-corrected chi connectivity index (χ1v) is 14.5. The summed E-state index contributed by atoms with van der Waals surface area (Å²) >= 11 is 0. The lowest BCUT2D eigenvalue weighted by molar-refractivity contribution is -0.138. The molecule has 1 aromatic heterocycles. The fraction of sp³-hybridized carbons (Fsp3) is 0.517. The van der Waals surface area contributed by atoms with Crippen molar-refractivity contribution >= 4 is 40.7 Å². The number of hydrogen-bond acceptors (Lipinski definition) is 9. The van der Waals surface area contributed by atoms with Gasteiger partial charge in [-0.3, -0.25) is 19.2 Å². The maximum absolute atomic E-state index is 13.4. The van der Waals surface area contributed by atoms with Gasteiger partial charge in [0.15, 0.2) is 6.61 Å². The zero-order valence-electron chi connectivity index (χ0n) is 24.0. The van der Waals surface area contributed by atoms with Crippen LogP contribution in [0.5, 0.6) is 5.75 Å². The number of ether oxygens (including phenoxy) is 2. The molecule has 0 spiro atoms. The van der Waals surface area contributed by atoms with Crippen LogP contribution in [0, 0.1) is 0 Å². The molecule has 0 aliphatic carbocycles. The van der Waals surface area contributed by atoms with E-state index in [1.807, 2.05) is 4.90 Å². The number of aliphatic carboxylic acids is 1. The number of fused-ring (bicyclic) bond motifs is 3. The highest BCUT2D eigenvalue weighted by Gasteiger charge is 2.40. The first-order chi connectivity index (χ1) is 20.7. The van der Waals surface area contributed by atoms with E-state index in [2.05, 4.69) is 15.6 Å². The molecule has 0 radical (unpaired) electrons. The molecular formula is C29H36N6O8. The number of nitrogens with zero attached hydrogens (tertiary/aromatic N) is 4. The number of likely N-dealkylation sites (tertiary alicyclic amines) is 1. The third kappa shape index (κ3) is 6.96. The molecule has 1 aromatic carbocycles. The second-order valence-electron chi connectivity index (χ2n) is 10.8. The fourth-order valence-corrected chi connectivity index (χ4v) is 5.77. The average molecular weight is 597 g/mol. The highest BCUT2D eigenvalue weighted by Crippen LogP contribution is 2.27. The maximum Gasteiger partial charge on any atom is 0.409 e. The Morgan fingerprint density at radius 3 is 2.53 bits per heavy atom. The van der Waals surface area contributed by atoms with Gasteiger partial charge in [-0.1, -0.05) is 12.1 Å². The third-order valence-corrected chi connectivity index (χ3v) is 8.01. The molecule has 14 heteroatoms. The van der Waals surface area contributed by atoms with Crippen molar-refractivity contribution in [2.45, 2.75) is 44.3 Å². The van der Waals surface area contributed by atoms with Gasteiger partial charge >= 0.3 is 12.1 Å². The monoisotopic (exact) mass is 596 g/mol. The summed E-state index contributed by atoms with van der Waals surface area (Å²) in [5, 5.41) is 15.9. The van der Waals surface area contributed by atoms with Crippen LogP contribution in [-0.2, 0) is 19.1 Å². The topological polar surface area (TPSA) is 171 Å². The zero-order valence-corrected chi connectivity index (χ0v) is 24.0. The highest BCUT2D eigenvalue weighted by molar-refractivity contribution is 5.99. The number of nitrogens with one attached hydrogen (secondary N) is 2. The quantitative estimate of drug-likeness (QED) is 0.350. The Balaban J connectivity index is 1.28. The fourth-order valence-electron chi connectivity index (χ4n) is 5.77. The summed E-state index contributed by atoms with van der Waals surface area (Å²) in [5.74, 6) is -2.07. The van der Waals surface area contributed by atoms with Crippen molar-refractivity contribution in [3.63, 3.8) is 0 Å². The van der Waals surface area contributed by atoms with Crippen LogP contribution in [0.1, 0.15) is 36.7 Å². The lowest BCUT2D eigenvalue weighted by Gasteiger charge is -2.35. The van der Waals surface area contributed by atoms with E-state index in [9.17, 15) is 29.1 Å². The summed E-state index contributed by atoms with van der Waals surface area (Å²) in [5.41, 5.74) is 0.427. The number of aromatic nitrogens is 1. The molecule has 2 aromatic rings. The molecule has 3 fully saturated rings. The predicted molar refractivity (Wildman–Crippen MR) is 152 cm³/mol. The van der Waals surface area contributed by atoms with Gasteiger partial charge in [0, 0.05) is 69.2 Å². The van der Waals surface area contributed by atoms with Gasteiger partial charge in [0.2, 0.25) is 5.91 Å². The van der Waals surface area contributed by atoms with Gasteiger partial charge in [0.05, 0.1) is 12.1 Å². The van der Waals surface area contributed by atoms with Gasteiger partial charge < -0.3 is 39.9 Å². The van der Waals surface area contributed by atoms with Gasteiger partial charge in [0.25, 0.3) is 11.8 Å². The summed E-state index contributed by atoms with van der Waals surface area (Å²) in [6.45, 7) is 4.10. The average Bonchev–Trinajstić information content (AvgIpc) is 3.65. The molecule has 3 N–H and O–H groups in total. The number of hydrogen-bond donors (Lipinski definition) is 3.